The molecule has 3 N–H and O–H groups in total. The van der Waals surface area contributed by atoms with E-state index < -0.39 is 12.1 Å². The third kappa shape index (κ3) is 62.9. The summed E-state index contributed by atoms with van der Waals surface area (Å²) in [5.41, 5.74) is 0. The number of nitrogens with one attached hydrogen (secondary N) is 1. The monoisotopic (exact) mass is 1080 g/mol. The SMILES string of the molecule is CCCC/C=C\C/C=C\CCCCCCCC(=O)OCCCCCCCCCCCCCC/C=C\CCCCCCCCCCCCCCCCCCCC(=O)NC(CO)C(O)/C=C/CCCCCCCCCCCCC. The lowest BCUT2D eigenvalue weighted by Gasteiger charge is -2.20. The van der Waals surface area contributed by atoms with Crippen LogP contribution in [0.4, 0.5) is 0 Å². The highest BCUT2D eigenvalue weighted by Gasteiger charge is 2.18. The van der Waals surface area contributed by atoms with Crippen molar-refractivity contribution in [1.82, 2.24) is 5.32 Å². The molecule has 0 aromatic carbocycles. The number of esters is 1. The molecule has 2 atom stereocenters. The van der Waals surface area contributed by atoms with Crippen molar-refractivity contribution in [2.45, 2.75) is 379 Å². The fraction of sp³-hybridized carbons (Fsp3) is 0.859. The molecule has 0 aliphatic rings. The maximum absolute atomic E-state index is 12.5. The molecule has 0 aliphatic carbocycles. The highest BCUT2D eigenvalue weighted by atomic mass is 16.5. The van der Waals surface area contributed by atoms with Gasteiger partial charge in [0, 0.05) is 12.8 Å². The average molecular weight is 1080 g/mol. The van der Waals surface area contributed by atoms with Crippen molar-refractivity contribution < 1.29 is 24.5 Å². The van der Waals surface area contributed by atoms with Gasteiger partial charge in [-0.15, -0.1) is 0 Å². The Kier molecular flexibility index (Phi) is 64.5. The van der Waals surface area contributed by atoms with Crippen molar-refractivity contribution in [3.05, 3.63) is 48.6 Å². The van der Waals surface area contributed by atoms with E-state index in [0.717, 1.165) is 51.4 Å². The number of carbonyl (C=O) groups excluding carboxylic acids is 2. The number of aliphatic hydroxyl groups excluding tert-OH is 2. The highest BCUT2D eigenvalue weighted by Crippen LogP contribution is 2.18. The summed E-state index contributed by atoms with van der Waals surface area (Å²) >= 11 is 0. The maximum atomic E-state index is 12.5. The van der Waals surface area contributed by atoms with Gasteiger partial charge < -0.3 is 20.3 Å². The molecule has 0 aliphatic heterocycles. The van der Waals surface area contributed by atoms with Crippen molar-refractivity contribution in [2.75, 3.05) is 13.2 Å². The fourth-order valence-corrected chi connectivity index (χ4v) is 10.5. The lowest BCUT2D eigenvalue weighted by atomic mass is 10.0. The standard InChI is InChI=1S/C71H133NO5/c1-3-5-7-9-11-13-15-17-41-45-49-53-57-61-65-71(76)77-66-62-58-54-50-46-42-38-36-34-32-30-28-26-24-22-20-18-19-21-23-25-27-29-31-33-35-37-40-44-48-52-56-60-64-70(75)72-68(67-73)69(74)63-59-55-51-47-43-39-16-14-12-10-8-6-4-2/h9,11,15,17,22,24,59,63,68-69,73-74H,3-8,10,12-14,16,18-21,23,25-58,60-62,64-67H2,1-2H3,(H,72,75)/b11-9-,17-15-,24-22-,63-59+. The maximum Gasteiger partial charge on any atom is 0.305 e. The lowest BCUT2D eigenvalue weighted by molar-refractivity contribution is -0.143. The molecule has 0 bridgehead atoms. The molecular weight excluding hydrogens is 947 g/mol. The number of amides is 1. The number of aliphatic hydroxyl groups is 2. The number of carbonyl (C=O) groups is 2. The van der Waals surface area contributed by atoms with Crippen LogP contribution in [0.2, 0.25) is 0 Å². The van der Waals surface area contributed by atoms with Gasteiger partial charge in [-0.1, -0.05) is 319 Å². The van der Waals surface area contributed by atoms with Gasteiger partial charge in [0.15, 0.2) is 0 Å². The van der Waals surface area contributed by atoms with E-state index in [4.69, 9.17) is 4.74 Å². The van der Waals surface area contributed by atoms with Crippen molar-refractivity contribution in [2.24, 2.45) is 0 Å². The van der Waals surface area contributed by atoms with Crippen LogP contribution in [0.15, 0.2) is 48.6 Å². The van der Waals surface area contributed by atoms with Gasteiger partial charge in [0.05, 0.1) is 25.4 Å². The minimum atomic E-state index is -0.842. The molecule has 0 aromatic rings. The van der Waals surface area contributed by atoms with Crippen LogP contribution >= 0.6 is 0 Å². The van der Waals surface area contributed by atoms with Gasteiger partial charge in [0.25, 0.3) is 0 Å². The Morgan fingerprint density at radius 3 is 1.04 bits per heavy atom. The minimum Gasteiger partial charge on any atom is -0.466 e. The van der Waals surface area contributed by atoms with E-state index in [2.05, 4.69) is 55.6 Å². The van der Waals surface area contributed by atoms with Crippen LogP contribution in [0, 0.1) is 0 Å². The van der Waals surface area contributed by atoms with Crippen LogP contribution < -0.4 is 5.32 Å². The van der Waals surface area contributed by atoms with E-state index in [9.17, 15) is 19.8 Å². The van der Waals surface area contributed by atoms with Crippen molar-refractivity contribution >= 4 is 11.9 Å². The smallest absolute Gasteiger partial charge is 0.305 e. The number of ether oxygens (including phenoxy) is 1. The van der Waals surface area contributed by atoms with Gasteiger partial charge in [0.1, 0.15) is 0 Å². The molecular formula is C71H133NO5. The first-order valence-corrected chi connectivity index (χ1v) is 34.4. The molecule has 6 heteroatoms. The predicted molar refractivity (Wildman–Crippen MR) is 338 cm³/mol. The summed E-state index contributed by atoms with van der Waals surface area (Å²) in [7, 11) is 0. The van der Waals surface area contributed by atoms with Gasteiger partial charge in [-0.2, -0.15) is 0 Å². The summed E-state index contributed by atoms with van der Waals surface area (Å²) in [6, 6.07) is -0.625. The molecule has 0 fully saturated rings. The van der Waals surface area contributed by atoms with Gasteiger partial charge in [-0.3, -0.25) is 9.59 Å². The molecule has 0 radical (unpaired) electrons. The van der Waals surface area contributed by atoms with Crippen LogP contribution in [0.5, 0.6) is 0 Å². The fourth-order valence-electron chi connectivity index (χ4n) is 10.5. The first-order valence-electron chi connectivity index (χ1n) is 34.4. The summed E-state index contributed by atoms with van der Waals surface area (Å²) < 4.78 is 5.48. The molecule has 0 rings (SSSR count). The predicted octanol–water partition coefficient (Wildman–Crippen LogP) is 22.1. The number of unbranched alkanes of at least 4 members (excludes halogenated alkanes) is 47. The number of hydrogen-bond donors (Lipinski definition) is 3. The number of hydrogen-bond acceptors (Lipinski definition) is 5. The largest absolute Gasteiger partial charge is 0.466 e. The second kappa shape index (κ2) is 66.3. The summed E-state index contributed by atoms with van der Waals surface area (Å²) in [5, 5.41) is 23.1. The Labute approximate surface area is 480 Å². The summed E-state index contributed by atoms with van der Waals surface area (Å²) in [6.45, 7) is 4.87. The van der Waals surface area contributed by atoms with Gasteiger partial charge >= 0.3 is 5.97 Å². The van der Waals surface area contributed by atoms with Crippen LogP contribution in [-0.4, -0.2) is 47.4 Å². The molecule has 6 nitrogen and oxygen atoms in total. The lowest BCUT2D eigenvalue weighted by Crippen LogP contribution is -2.45. The molecule has 0 aromatic heterocycles. The zero-order valence-corrected chi connectivity index (χ0v) is 51.7. The third-order valence-electron chi connectivity index (χ3n) is 15.8. The first kappa shape index (κ1) is 74.8. The van der Waals surface area contributed by atoms with Gasteiger partial charge in [-0.05, 0) is 83.5 Å². The highest BCUT2D eigenvalue weighted by molar-refractivity contribution is 5.76. The normalized spacial score (nSPS) is 12.8. The van der Waals surface area contributed by atoms with Crippen LogP contribution in [-0.2, 0) is 14.3 Å². The summed E-state index contributed by atoms with van der Waals surface area (Å²) in [6.07, 6.45) is 86.2. The van der Waals surface area contributed by atoms with Crippen molar-refractivity contribution in [3.63, 3.8) is 0 Å². The minimum absolute atomic E-state index is 0.00363. The molecule has 452 valence electrons. The van der Waals surface area contributed by atoms with Crippen LogP contribution in [0.25, 0.3) is 0 Å². The quantitative estimate of drug-likeness (QED) is 0.0320. The Bertz CT molecular complexity index is 1290. The van der Waals surface area contributed by atoms with Crippen LogP contribution in [0.3, 0.4) is 0 Å². The van der Waals surface area contributed by atoms with E-state index in [-0.39, 0.29) is 18.5 Å². The van der Waals surface area contributed by atoms with E-state index in [1.54, 1.807) is 6.08 Å². The Hall–Kier alpha value is -2.18. The van der Waals surface area contributed by atoms with E-state index >= 15 is 0 Å². The second-order valence-electron chi connectivity index (χ2n) is 23.5. The third-order valence-corrected chi connectivity index (χ3v) is 15.8. The molecule has 0 saturated heterocycles. The zero-order valence-electron chi connectivity index (χ0n) is 51.7. The number of allylic oxidation sites excluding steroid dienone is 7. The van der Waals surface area contributed by atoms with E-state index in [0.29, 0.717) is 19.4 Å². The Morgan fingerprint density at radius 2 is 0.662 bits per heavy atom. The van der Waals surface area contributed by atoms with E-state index in [1.165, 1.54) is 289 Å². The molecule has 0 heterocycles. The summed E-state index contributed by atoms with van der Waals surface area (Å²) in [5.74, 6) is -0.0605. The molecule has 0 saturated carbocycles. The molecule has 1 amide bonds. The van der Waals surface area contributed by atoms with Gasteiger partial charge in [-0.25, -0.2) is 0 Å². The molecule has 2 unspecified atom stereocenters. The van der Waals surface area contributed by atoms with Crippen LogP contribution in [0.1, 0.15) is 367 Å². The molecule has 0 spiro atoms. The first-order chi connectivity index (χ1) is 38.0. The summed E-state index contributed by atoms with van der Waals surface area (Å²) in [4.78, 5) is 24.5. The Morgan fingerprint density at radius 1 is 0.364 bits per heavy atom. The second-order valence-corrected chi connectivity index (χ2v) is 23.5. The topological polar surface area (TPSA) is 95.9 Å². The van der Waals surface area contributed by atoms with Crippen molar-refractivity contribution in [3.8, 4) is 0 Å². The van der Waals surface area contributed by atoms with Gasteiger partial charge in [0.2, 0.25) is 5.91 Å². The average Bonchev–Trinajstić information content (AvgIpc) is 3.43. The van der Waals surface area contributed by atoms with E-state index in [1.807, 2.05) is 6.08 Å². The zero-order chi connectivity index (χ0) is 55.7. The Balaban J connectivity index is 3.36. The molecule has 77 heavy (non-hydrogen) atoms. The number of rotatable bonds is 64. The van der Waals surface area contributed by atoms with Crippen molar-refractivity contribution in [1.29, 1.82) is 0 Å².